The van der Waals surface area contributed by atoms with E-state index < -0.39 is 47.0 Å². The lowest BCUT2D eigenvalue weighted by Gasteiger charge is -2.50. The molecule has 4 unspecified atom stereocenters. The second kappa shape index (κ2) is 13.2. The smallest absolute Gasteiger partial charge is 0.386 e. The second-order valence-electron chi connectivity index (χ2n) is 11.8. The zero-order valence-corrected chi connectivity index (χ0v) is 23.8. The Morgan fingerprint density at radius 3 is 2.27 bits per heavy atom. The van der Waals surface area contributed by atoms with Crippen molar-refractivity contribution in [1.82, 2.24) is 14.8 Å². The predicted molar refractivity (Wildman–Crippen MR) is 143 cm³/mol. The standard InChI is InChI=1S/C28H40F5N3O3S/c1-26(2,27(37,16-36-18-34-17-35-36)23-12-11-21(29)13-24(23)30)40-22-14-38-25(39-15-22)6-4-3-5-19-7-9-20(10-8-19)28(31,32)33/h3-6,17-25,37H,7-16H2,1-2H3/b5-3+,6-4+. The predicted octanol–water partition coefficient (Wildman–Crippen LogP) is 6.22. The maximum atomic E-state index is 15.2. The molecular weight excluding hydrogens is 553 g/mol. The SMILES string of the molecule is CC(C)(SC1COC(/C=C/C=C/C2CCC(C(F)(F)F)CC2)OC1)C(O)(Cn1cncn1)C1CCC(F)CC1F. The number of hydrogen-bond donors (Lipinski definition) is 1. The van der Waals surface area contributed by atoms with Crippen molar-refractivity contribution in [2.24, 2.45) is 17.8 Å². The van der Waals surface area contributed by atoms with E-state index in [0.717, 1.165) is 0 Å². The molecule has 4 rings (SSSR count). The van der Waals surface area contributed by atoms with Gasteiger partial charge in [-0.05, 0) is 64.4 Å². The molecule has 1 N–H and O–H groups in total. The van der Waals surface area contributed by atoms with Gasteiger partial charge in [-0.2, -0.15) is 18.3 Å². The fourth-order valence-electron chi connectivity index (χ4n) is 6.13. The lowest BCUT2D eigenvalue weighted by atomic mass is 9.69. The first-order valence-corrected chi connectivity index (χ1v) is 14.9. The lowest BCUT2D eigenvalue weighted by molar-refractivity contribution is -0.183. The number of nitrogens with zero attached hydrogens (tertiary/aromatic N) is 3. The van der Waals surface area contributed by atoms with E-state index in [1.54, 1.807) is 12.2 Å². The minimum atomic E-state index is -4.10. The van der Waals surface area contributed by atoms with Gasteiger partial charge >= 0.3 is 6.18 Å². The fraction of sp³-hybridized carbons (Fsp3) is 0.786. The van der Waals surface area contributed by atoms with Gasteiger partial charge in [-0.15, -0.1) is 11.8 Å². The Labute approximate surface area is 236 Å². The molecule has 1 aromatic heterocycles. The van der Waals surface area contributed by atoms with Crippen molar-refractivity contribution in [3.05, 3.63) is 37.0 Å². The van der Waals surface area contributed by atoms with Gasteiger partial charge in [-0.25, -0.2) is 13.8 Å². The van der Waals surface area contributed by atoms with Gasteiger partial charge in [0.2, 0.25) is 0 Å². The Hall–Kier alpha value is -1.50. The van der Waals surface area contributed by atoms with Crippen molar-refractivity contribution < 1.29 is 36.5 Å². The second-order valence-corrected chi connectivity index (χ2v) is 13.7. The molecule has 4 atom stereocenters. The van der Waals surface area contributed by atoms with Gasteiger partial charge in [0.25, 0.3) is 0 Å². The summed E-state index contributed by atoms with van der Waals surface area (Å²) in [6.45, 7) is 4.45. The average Bonchev–Trinajstić information content (AvgIpc) is 3.40. The zero-order chi connectivity index (χ0) is 29.0. The quantitative estimate of drug-likeness (QED) is 0.271. The molecule has 1 aliphatic heterocycles. The van der Waals surface area contributed by atoms with Crippen molar-refractivity contribution >= 4 is 11.8 Å². The number of halogens is 5. The Bertz CT molecular complexity index is 976. The minimum absolute atomic E-state index is 0.0268. The summed E-state index contributed by atoms with van der Waals surface area (Å²) in [5, 5.41) is 16.0. The summed E-state index contributed by atoms with van der Waals surface area (Å²) in [5.41, 5.74) is -1.54. The van der Waals surface area contributed by atoms with Crippen LogP contribution in [-0.4, -0.2) is 73.5 Å². The highest BCUT2D eigenvalue weighted by molar-refractivity contribution is 8.01. The van der Waals surface area contributed by atoms with Crippen LogP contribution in [0.2, 0.25) is 0 Å². The minimum Gasteiger partial charge on any atom is -0.386 e. The van der Waals surface area contributed by atoms with Crippen LogP contribution < -0.4 is 0 Å². The first-order valence-electron chi connectivity index (χ1n) is 14.0. The summed E-state index contributed by atoms with van der Waals surface area (Å²) in [6, 6.07) is 0. The monoisotopic (exact) mass is 593 g/mol. The van der Waals surface area contributed by atoms with Crippen LogP contribution in [0.4, 0.5) is 22.0 Å². The Kier molecular flexibility index (Phi) is 10.4. The summed E-state index contributed by atoms with van der Waals surface area (Å²) in [7, 11) is 0. The molecule has 40 heavy (non-hydrogen) atoms. The molecule has 2 saturated carbocycles. The third-order valence-corrected chi connectivity index (χ3v) is 10.1. The van der Waals surface area contributed by atoms with E-state index in [1.807, 2.05) is 26.0 Å². The number of ether oxygens (including phenoxy) is 2. The van der Waals surface area contributed by atoms with E-state index >= 15 is 4.39 Å². The van der Waals surface area contributed by atoms with Gasteiger partial charge in [0.1, 0.15) is 30.6 Å². The Balaban J connectivity index is 1.29. The molecule has 1 saturated heterocycles. The topological polar surface area (TPSA) is 69.4 Å². The molecule has 2 aliphatic carbocycles. The molecule has 0 spiro atoms. The zero-order valence-electron chi connectivity index (χ0n) is 23.0. The van der Waals surface area contributed by atoms with Crippen molar-refractivity contribution in [3.63, 3.8) is 0 Å². The summed E-state index contributed by atoms with van der Waals surface area (Å²) < 4.78 is 79.9. The highest BCUT2D eigenvalue weighted by atomic mass is 32.2. The van der Waals surface area contributed by atoms with E-state index in [2.05, 4.69) is 10.1 Å². The first kappa shape index (κ1) is 31.4. The average molecular weight is 594 g/mol. The maximum Gasteiger partial charge on any atom is 0.391 e. The maximum absolute atomic E-state index is 15.2. The van der Waals surface area contributed by atoms with Gasteiger partial charge in [-0.1, -0.05) is 18.2 Å². The summed E-state index contributed by atoms with van der Waals surface area (Å²) in [5.74, 6) is -1.81. The van der Waals surface area contributed by atoms with Gasteiger partial charge in [0.05, 0.1) is 30.9 Å². The third kappa shape index (κ3) is 7.86. The van der Waals surface area contributed by atoms with E-state index in [1.165, 1.54) is 29.1 Å². The number of aromatic nitrogens is 3. The Morgan fingerprint density at radius 2 is 1.68 bits per heavy atom. The summed E-state index contributed by atoms with van der Waals surface area (Å²) >= 11 is 1.46. The van der Waals surface area contributed by atoms with Crippen LogP contribution in [0.15, 0.2) is 37.0 Å². The van der Waals surface area contributed by atoms with Crippen molar-refractivity contribution in [3.8, 4) is 0 Å². The van der Waals surface area contributed by atoms with Crippen molar-refractivity contribution in [1.29, 1.82) is 0 Å². The molecule has 3 aliphatic rings. The number of rotatable bonds is 9. The number of thioether (sulfide) groups is 1. The lowest BCUT2D eigenvalue weighted by Crippen LogP contribution is -2.60. The molecular formula is C28H40F5N3O3S. The Morgan fingerprint density at radius 1 is 1.00 bits per heavy atom. The van der Waals surface area contributed by atoms with Gasteiger partial charge in [0, 0.05) is 17.1 Å². The molecule has 1 aromatic rings. The number of hydrogen-bond acceptors (Lipinski definition) is 6. The molecule has 6 nitrogen and oxygen atoms in total. The van der Waals surface area contributed by atoms with E-state index in [-0.39, 0.29) is 49.8 Å². The molecule has 12 heteroatoms. The van der Waals surface area contributed by atoms with Crippen LogP contribution in [-0.2, 0) is 16.0 Å². The normalized spacial score (nSPS) is 34.4. The summed E-state index contributed by atoms with van der Waals surface area (Å²) in [4.78, 5) is 3.95. The van der Waals surface area contributed by atoms with E-state index in [9.17, 15) is 22.7 Å². The highest BCUT2D eigenvalue weighted by Crippen LogP contribution is 2.49. The third-order valence-electron chi connectivity index (χ3n) is 8.59. The largest absolute Gasteiger partial charge is 0.391 e. The number of aliphatic hydroxyl groups is 1. The van der Waals surface area contributed by atoms with E-state index in [4.69, 9.17) is 9.47 Å². The van der Waals surface area contributed by atoms with Crippen molar-refractivity contribution in [2.75, 3.05) is 13.2 Å². The molecule has 0 bridgehead atoms. The van der Waals surface area contributed by atoms with Crippen molar-refractivity contribution in [2.45, 2.75) is 106 Å². The molecule has 226 valence electrons. The molecule has 0 aromatic carbocycles. The summed E-state index contributed by atoms with van der Waals surface area (Å²) in [6.07, 6.45) is 4.43. The van der Waals surface area contributed by atoms with Crippen LogP contribution in [0.25, 0.3) is 0 Å². The number of allylic oxidation sites excluding steroid dienone is 3. The molecule has 0 amide bonds. The van der Waals surface area contributed by atoms with Crippen LogP contribution >= 0.6 is 11.8 Å². The molecule has 0 radical (unpaired) electrons. The van der Waals surface area contributed by atoms with Crippen LogP contribution in [0.3, 0.4) is 0 Å². The van der Waals surface area contributed by atoms with Crippen LogP contribution in [0, 0.1) is 17.8 Å². The molecule has 2 heterocycles. The molecule has 3 fully saturated rings. The first-order chi connectivity index (χ1) is 18.9. The fourth-order valence-corrected chi connectivity index (χ4v) is 7.68. The van der Waals surface area contributed by atoms with Crippen LogP contribution in [0.5, 0.6) is 0 Å². The van der Waals surface area contributed by atoms with Gasteiger partial charge < -0.3 is 14.6 Å². The van der Waals surface area contributed by atoms with Gasteiger partial charge in [0.15, 0.2) is 6.29 Å². The highest BCUT2D eigenvalue weighted by Gasteiger charge is 2.55. The van der Waals surface area contributed by atoms with E-state index in [0.29, 0.717) is 26.1 Å². The number of alkyl halides is 5. The van der Waals surface area contributed by atoms with Gasteiger partial charge in [-0.3, -0.25) is 4.68 Å². The van der Waals surface area contributed by atoms with Crippen LogP contribution in [0.1, 0.15) is 58.8 Å².